The lowest BCUT2D eigenvalue weighted by Crippen LogP contribution is -2.61. The lowest BCUT2D eigenvalue weighted by atomic mass is 9.98. The Morgan fingerprint density at radius 3 is 1.19 bits per heavy atom. The molecule has 0 saturated carbocycles. The van der Waals surface area contributed by atoms with Gasteiger partial charge in [-0.25, -0.2) is 4.79 Å². The lowest BCUT2D eigenvalue weighted by Gasteiger charge is -2.40. The van der Waals surface area contributed by atoms with Crippen LogP contribution in [0.25, 0.3) is 0 Å². The Bertz CT molecular complexity index is 1650. The summed E-state index contributed by atoms with van der Waals surface area (Å²) in [7, 11) is 0. The van der Waals surface area contributed by atoms with Gasteiger partial charge < -0.3 is 39.0 Å². The van der Waals surface area contributed by atoms with E-state index >= 15 is 0 Å². The molecule has 6 unspecified atom stereocenters. The first-order valence-electron chi connectivity index (χ1n) is 31.9. The zero-order valence-electron chi connectivity index (χ0n) is 50.1. The zero-order valence-corrected chi connectivity index (χ0v) is 50.1. The average Bonchev–Trinajstić information content (AvgIpc) is 3.46. The molecule has 1 saturated heterocycles. The zero-order chi connectivity index (χ0) is 57.5. The smallest absolute Gasteiger partial charge is 0.335 e. The summed E-state index contributed by atoms with van der Waals surface area (Å²) in [5.74, 6) is -3.16. The van der Waals surface area contributed by atoms with Gasteiger partial charge in [-0.1, -0.05) is 216 Å². The van der Waals surface area contributed by atoms with Crippen LogP contribution < -0.4 is 0 Å². The van der Waals surface area contributed by atoms with Gasteiger partial charge in [0.05, 0.1) is 6.61 Å². The Morgan fingerprint density at radius 2 is 0.759 bits per heavy atom. The van der Waals surface area contributed by atoms with Crippen LogP contribution in [0.3, 0.4) is 0 Å². The molecular weight excluding hydrogens is 997 g/mol. The maximum absolute atomic E-state index is 13.2. The molecule has 12 heteroatoms. The molecule has 0 aromatic heterocycles. The molecule has 1 fully saturated rings. The van der Waals surface area contributed by atoms with Gasteiger partial charge in [-0.15, -0.1) is 0 Å². The van der Waals surface area contributed by atoms with Gasteiger partial charge in [0.25, 0.3) is 0 Å². The summed E-state index contributed by atoms with van der Waals surface area (Å²) in [4.78, 5) is 51.3. The summed E-state index contributed by atoms with van der Waals surface area (Å²) in [6, 6.07) is 0. The molecule has 79 heavy (non-hydrogen) atoms. The Kier molecular flexibility index (Phi) is 50.7. The molecule has 1 heterocycles. The summed E-state index contributed by atoms with van der Waals surface area (Å²) in [6.45, 7) is 5.93. The number of carbonyl (C=O) groups is 4. The molecule has 0 aromatic carbocycles. The topological polar surface area (TPSA) is 175 Å². The highest BCUT2D eigenvalue weighted by atomic mass is 16.7. The summed E-state index contributed by atoms with van der Waals surface area (Å²) in [6.07, 6.45) is 57.1. The molecule has 0 bridgehead atoms. The number of hydrogen-bond acceptors (Lipinski definition) is 11. The number of unbranched alkanes of at least 4 members (excludes halogenated alkanes) is 28. The number of carbonyl (C=O) groups excluding carboxylic acids is 3. The van der Waals surface area contributed by atoms with E-state index in [1.54, 1.807) is 0 Å². The van der Waals surface area contributed by atoms with E-state index in [1.165, 1.54) is 83.5 Å². The molecule has 0 radical (unpaired) electrons. The van der Waals surface area contributed by atoms with E-state index in [4.69, 9.17) is 23.7 Å². The van der Waals surface area contributed by atoms with E-state index in [-0.39, 0.29) is 25.9 Å². The van der Waals surface area contributed by atoms with Crippen LogP contribution in [-0.4, -0.2) is 89.2 Å². The Hall–Kier alpha value is -3.84. The van der Waals surface area contributed by atoms with Crippen molar-refractivity contribution in [1.29, 1.82) is 0 Å². The molecule has 6 atom stereocenters. The standard InChI is InChI=1S/C67H114O12/c1-4-7-10-13-16-19-22-25-28-29-30-31-34-35-38-41-44-47-50-53-59(68)75-56-58(77-60(69)54-51-48-45-42-39-36-32-26-23-20-17-14-11-8-5-2)57-76-67-65(63(72)62(71)64(79-67)66(73)74)78-61(70)55-52-49-46-43-40-37-33-27-24-21-18-15-12-9-6-3/h16,18-19,21,25-28,30-33,58,62-65,67,71-72H,4-15,17,20,22-24,29,34-57H2,1-3H3,(H,73,74)/b19-16-,21-18-,28-25-,31-30-,32-26-,33-27-. The number of carboxylic acids is 1. The predicted molar refractivity (Wildman–Crippen MR) is 322 cm³/mol. The minimum absolute atomic E-state index is 0.0409. The summed E-state index contributed by atoms with van der Waals surface area (Å²) < 4.78 is 28.5. The number of hydrogen-bond donors (Lipinski definition) is 3. The molecule has 1 aliphatic rings. The van der Waals surface area contributed by atoms with Crippen molar-refractivity contribution >= 4 is 23.9 Å². The number of rotatable bonds is 54. The second-order valence-electron chi connectivity index (χ2n) is 21.7. The average molecular weight is 1110 g/mol. The van der Waals surface area contributed by atoms with Crippen LogP contribution in [0.1, 0.15) is 278 Å². The van der Waals surface area contributed by atoms with Crippen LogP contribution in [0.2, 0.25) is 0 Å². The molecule has 0 spiro atoms. The Labute approximate surface area is 480 Å². The fourth-order valence-corrected chi connectivity index (χ4v) is 9.28. The summed E-state index contributed by atoms with van der Waals surface area (Å²) >= 11 is 0. The van der Waals surface area contributed by atoms with E-state index in [2.05, 4.69) is 93.7 Å². The van der Waals surface area contributed by atoms with Crippen molar-refractivity contribution < 1.29 is 58.2 Å². The van der Waals surface area contributed by atoms with Crippen LogP contribution >= 0.6 is 0 Å². The van der Waals surface area contributed by atoms with E-state index < -0.39 is 67.3 Å². The first kappa shape index (κ1) is 73.2. The first-order valence-corrected chi connectivity index (χ1v) is 31.9. The molecule has 454 valence electrons. The van der Waals surface area contributed by atoms with E-state index in [0.717, 1.165) is 135 Å². The SMILES string of the molecule is CCCCC/C=C\C/C=C\C/C=C\CCCCCCCCC(=O)OCC(COC1OC(C(=O)O)C(O)C(O)C1OC(=O)CCCCCCC/C=C\C/C=C\CCCCC)OC(=O)CCCCCCC/C=C\CCCCCCCC. The number of aliphatic hydroxyl groups is 2. The number of carboxylic acid groups (broad SMARTS) is 1. The molecule has 0 aromatic rings. The molecule has 3 N–H and O–H groups in total. The largest absolute Gasteiger partial charge is 0.479 e. The molecule has 0 aliphatic carbocycles. The third kappa shape index (κ3) is 44.5. The fourth-order valence-electron chi connectivity index (χ4n) is 9.28. The van der Waals surface area contributed by atoms with Crippen molar-refractivity contribution in [1.82, 2.24) is 0 Å². The maximum Gasteiger partial charge on any atom is 0.335 e. The first-order chi connectivity index (χ1) is 38.6. The maximum atomic E-state index is 13.2. The van der Waals surface area contributed by atoms with Crippen LogP contribution in [0.4, 0.5) is 0 Å². The number of aliphatic hydroxyl groups excluding tert-OH is 2. The van der Waals surface area contributed by atoms with E-state index in [1.807, 2.05) is 0 Å². The lowest BCUT2D eigenvalue weighted by molar-refractivity contribution is -0.301. The summed E-state index contributed by atoms with van der Waals surface area (Å²) in [5, 5.41) is 31.5. The fraction of sp³-hybridized carbons (Fsp3) is 0.761. The van der Waals surface area contributed by atoms with Crippen molar-refractivity contribution in [2.45, 2.75) is 314 Å². The van der Waals surface area contributed by atoms with Crippen molar-refractivity contribution in [3.05, 3.63) is 72.9 Å². The number of esters is 3. The Morgan fingerprint density at radius 1 is 0.418 bits per heavy atom. The second-order valence-corrected chi connectivity index (χ2v) is 21.7. The highest BCUT2D eigenvalue weighted by Crippen LogP contribution is 2.26. The molecular formula is C67H114O12. The van der Waals surface area contributed by atoms with Gasteiger partial charge in [-0.2, -0.15) is 0 Å². The van der Waals surface area contributed by atoms with Crippen LogP contribution in [0.5, 0.6) is 0 Å². The predicted octanol–water partition coefficient (Wildman–Crippen LogP) is 16.9. The third-order valence-electron chi connectivity index (χ3n) is 14.2. The van der Waals surface area contributed by atoms with Gasteiger partial charge in [0.2, 0.25) is 0 Å². The molecule has 0 amide bonds. The summed E-state index contributed by atoms with van der Waals surface area (Å²) in [5.41, 5.74) is 0. The quantitative estimate of drug-likeness (QED) is 0.0228. The highest BCUT2D eigenvalue weighted by molar-refractivity contribution is 5.74. The van der Waals surface area contributed by atoms with Crippen LogP contribution in [0.15, 0.2) is 72.9 Å². The highest BCUT2D eigenvalue weighted by Gasteiger charge is 2.50. The second kappa shape index (κ2) is 54.7. The minimum atomic E-state index is -1.91. The molecule has 1 aliphatic heterocycles. The van der Waals surface area contributed by atoms with Gasteiger partial charge in [0.15, 0.2) is 24.6 Å². The number of ether oxygens (including phenoxy) is 5. The van der Waals surface area contributed by atoms with Gasteiger partial charge in [0, 0.05) is 19.3 Å². The minimum Gasteiger partial charge on any atom is -0.479 e. The van der Waals surface area contributed by atoms with Gasteiger partial charge in [-0.3, -0.25) is 14.4 Å². The van der Waals surface area contributed by atoms with Gasteiger partial charge in [-0.05, 0) is 116 Å². The van der Waals surface area contributed by atoms with Crippen molar-refractivity contribution in [2.24, 2.45) is 0 Å². The van der Waals surface area contributed by atoms with Gasteiger partial charge in [0.1, 0.15) is 18.8 Å². The normalized spacial score (nSPS) is 18.3. The monoisotopic (exact) mass is 1110 g/mol. The van der Waals surface area contributed by atoms with Crippen molar-refractivity contribution in [3.8, 4) is 0 Å². The third-order valence-corrected chi connectivity index (χ3v) is 14.2. The van der Waals surface area contributed by atoms with Crippen LogP contribution in [-0.2, 0) is 42.9 Å². The van der Waals surface area contributed by atoms with E-state index in [9.17, 15) is 34.5 Å². The number of aliphatic carboxylic acids is 1. The molecule has 12 nitrogen and oxygen atoms in total. The molecule has 1 rings (SSSR count). The van der Waals surface area contributed by atoms with E-state index in [0.29, 0.717) is 19.3 Å². The number of allylic oxidation sites excluding steroid dienone is 12. The van der Waals surface area contributed by atoms with Crippen molar-refractivity contribution in [2.75, 3.05) is 13.2 Å². The Balaban J connectivity index is 2.69. The van der Waals surface area contributed by atoms with Crippen LogP contribution in [0, 0.1) is 0 Å². The van der Waals surface area contributed by atoms with Crippen molar-refractivity contribution in [3.63, 3.8) is 0 Å². The van der Waals surface area contributed by atoms with Gasteiger partial charge >= 0.3 is 23.9 Å².